The molecule has 0 saturated heterocycles. The van der Waals surface area contributed by atoms with Crippen LogP contribution < -0.4 is 10.6 Å². The third-order valence-corrected chi connectivity index (χ3v) is 3.85. The number of hydrogen-bond donors (Lipinski definition) is 2. The number of nitrogens with zero attached hydrogens (tertiary/aromatic N) is 2. The van der Waals surface area contributed by atoms with E-state index in [0.29, 0.717) is 17.4 Å². The van der Waals surface area contributed by atoms with E-state index in [9.17, 15) is 9.18 Å². The van der Waals surface area contributed by atoms with Crippen molar-refractivity contribution in [1.82, 2.24) is 10.2 Å². The SMILES string of the molecule is CC(C)c1ccc(Nc2ccc(C(=O)Nc3ccc(F)cc3)nn2)cc1. The lowest BCUT2D eigenvalue weighted by Gasteiger charge is -2.09. The number of carbonyl (C=O) groups excluding carboxylic acids is 1. The molecule has 0 radical (unpaired) electrons. The average Bonchev–Trinajstić information content (AvgIpc) is 2.64. The normalized spacial score (nSPS) is 10.6. The Hall–Kier alpha value is -3.28. The number of rotatable bonds is 5. The van der Waals surface area contributed by atoms with Crippen molar-refractivity contribution in [2.75, 3.05) is 10.6 Å². The van der Waals surface area contributed by atoms with Crippen molar-refractivity contribution in [2.24, 2.45) is 0 Å². The molecule has 0 saturated carbocycles. The predicted octanol–water partition coefficient (Wildman–Crippen LogP) is 4.74. The minimum atomic E-state index is -0.406. The lowest BCUT2D eigenvalue weighted by Crippen LogP contribution is -2.14. The van der Waals surface area contributed by atoms with Crippen LogP contribution in [0.3, 0.4) is 0 Å². The Morgan fingerprint density at radius 2 is 1.54 bits per heavy atom. The predicted molar refractivity (Wildman–Crippen MR) is 100 cm³/mol. The molecule has 0 aliphatic rings. The van der Waals surface area contributed by atoms with Gasteiger partial charge in [0.05, 0.1) is 0 Å². The molecule has 6 heteroatoms. The molecule has 26 heavy (non-hydrogen) atoms. The minimum Gasteiger partial charge on any atom is -0.339 e. The van der Waals surface area contributed by atoms with Gasteiger partial charge in [0.25, 0.3) is 5.91 Å². The molecule has 1 heterocycles. The molecular weight excluding hydrogens is 331 g/mol. The Morgan fingerprint density at radius 1 is 0.885 bits per heavy atom. The summed E-state index contributed by atoms with van der Waals surface area (Å²) in [6.07, 6.45) is 0. The Balaban J connectivity index is 1.64. The van der Waals surface area contributed by atoms with E-state index in [0.717, 1.165) is 5.69 Å². The standard InChI is InChI=1S/C20H19FN4O/c1-13(2)14-3-7-16(8-4-14)22-19-12-11-18(24-25-19)20(26)23-17-9-5-15(21)6-10-17/h3-13H,1-2H3,(H,22,25)(H,23,26). The van der Waals surface area contributed by atoms with Gasteiger partial charge in [-0.3, -0.25) is 4.79 Å². The van der Waals surface area contributed by atoms with Crippen molar-refractivity contribution >= 4 is 23.1 Å². The van der Waals surface area contributed by atoms with Crippen LogP contribution in [0, 0.1) is 5.82 Å². The maximum atomic E-state index is 12.9. The van der Waals surface area contributed by atoms with Crippen molar-refractivity contribution in [3.8, 4) is 0 Å². The smallest absolute Gasteiger partial charge is 0.276 e. The first kappa shape index (κ1) is 17.5. The number of carbonyl (C=O) groups is 1. The molecule has 0 aliphatic heterocycles. The maximum absolute atomic E-state index is 12.9. The highest BCUT2D eigenvalue weighted by Gasteiger charge is 2.09. The second kappa shape index (κ2) is 7.74. The second-order valence-corrected chi connectivity index (χ2v) is 6.17. The fourth-order valence-electron chi connectivity index (χ4n) is 2.35. The molecule has 2 aromatic carbocycles. The van der Waals surface area contributed by atoms with Gasteiger partial charge in [0.2, 0.25) is 0 Å². The molecule has 0 atom stereocenters. The summed E-state index contributed by atoms with van der Waals surface area (Å²) in [7, 11) is 0. The first-order valence-electron chi connectivity index (χ1n) is 8.29. The third-order valence-electron chi connectivity index (χ3n) is 3.85. The third kappa shape index (κ3) is 4.42. The molecule has 132 valence electrons. The highest BCUT2D eigenvalue weighted by atomic mass is 19.1. The molecule has 3 aromatic rings. The van der Waals surface area contributed by atoms with Crippen molar-refractivity contribution in [2.45, 2.75) is 19.8 Å². The van der Waals surface area contributed by atoms with Gasteiger partial charge < -0.3 is 10.6 Å². The lowest BCUT2D eigenvalue weighted by molar-refractivity contribution is 0.102. The molecule has 1 amide bonds. The topological polar surface area (TPSA) is 66.9 Å². The Labute approximate surface area is 151 Å². The van der Waals surface area contributed by atoms with Crippen LogP contribution in [-0.2, 0) is 0 Å². The first-order chi connectivity index (χ1) is 12.5. The van der Waals surface area contributed by atoms with E-state index < -0.39 is 5.91 Å². The summed E-state index contributed by atoms with van der Waals surface area (Å²) >= 11 is 0. The van der Waals surface area contributed by atoms with Crippen LogP contribution in [-0.4, -0.2) is 16.1 Å². The second-order valence-electron chi connectivity index (χ2n) is 6.17. The van der Waals surface area contributed by atoms with Gasteiger partial charge in [-0.2, -0.15) is 0 Å². The van der Waals surface area contributed by atoms with Crippen molar-refractivity contribution < 1.29 is 9.18 Å². The summed E-state index contributed by atoms with van der Waals surface area (Å²) in [5.41, 5.74) is 2.82. The lowest BCUT2D eigenvalue weighted by atomic mass is 10.0. The quantitative estimate of drug-likeness (QED) is 0.698. The van der Waals surface area contributed by atoms with Crippen molar-refractivity contribution in [1.29, 1.82) is 0 Å². The highest BCUT2D eigenvalue weighted by Crippen LogP contribution is 2.19. The summed E-state index contributed by atoms with van der Waals surface area (Å²) < 4.78 is 12.9. The van der Waals surface area contributed by atoms with Crippen LogP contribution >= 0.6 is 0 Å². The zero-order chi connectivity index (χ0) is 18.5. The Bertz CT molecular complexity index is 875. The van der Waals surface area contributed by atoms with Crippen molar-refractivity contribution in [3.05, 3.63) is 77.7 Å². The number of halogens is 1. The Morgan fingerprint density at radius 3 is 2.12 bits per heavy atom. The molecule has 2 N–H and O–H groups in total. The zero-order valence-electron chi connectivity index (χ0n) is 14.5. The number of nitrogens with one attached hydrogen (secondary N) is 2. The van der Waals surface area contributed by atoms with E-state index >= 15 is 0 Å². The van der Waals surface area contributed by atoms with E-state index in [1.54, 1.807) is 12.1 Å². The largest absolute Gasteiger partial charge is 0.339 e. The molecular formula is C20H19FN4O. The van der Waals surface area contributed by atoms with Crippen LogP contribution in [0.25, 0.3) is 0 Å². The van der Waals surface area contributed by atoms with Crippen LogP contribution in [0.4, 0.5) is 21.6 Å². The van der Waals surface area contributed by atoms with Gasteiger partial charge >= 0.3 is 0 Å². The molecule has 0 bridgehead atoms. The minimum absolute atomic E-state index is 0.176. The first-order valence-corrected chi connectivity index (χ1v) is 8.29. The summed E-state index contributed by atoms with van der Waals surface area (Å²) in [5, 5.41) is 13.8. The van der Waals surface area contributed by atoms with Gasteiger partial charge in [0.15, 0.2) is 11.5 Å². The van der Waals surface area contributed by atoms with Crippen LogP contribution in [0.1, 0.15) is 35.8 Å². The van der Waals surface area contributed by atoms with E-state index in [1.807, 2.05) is 12.1 Å². The number of benzene rings is 2. The fourth-order valence-corrected chi connectivity index (χ4v) is 2.35. The molecule has 0 unspecified atom stereocenters. The summed E-state index contributed by atoms with van der Waals surface area (Å²) in [6, 6.07) is 16.9. The Kier molecular flexibility index (Phi) is 5.22. The fraction of sp³-hybridized carbons (Fsp3) is 0.150. The molecule has 3 rings (SSSR count). The van der Waals surface area contributed by atoms with E-state index in [4.69, 9.17) is 0 Å². The summed E-state index contributed by atoms with van der Waals surface area (Å²) in [5.74, 6) is 0.250. The monoisotopic (exact) mass is 350 g/mol. The number of anilines is 3. The van der Waals surface area contributed by atoms with Gasteiger partial charge in [-0.1, -0.05) is 26.0 Å². The molecule has 0 spiro atoms. The van der Waals surface area contributed by atoms with Crippen molar-refractivity contribution in [3.63, 3.8) is 0 Å². The average molecular weight is 350 g/mol. The highest BCUT2D eigenvalue weighted by molar-refractivity contribution is 6.02. The van der Waals surface area contributed by atoms with Gasteiger partial charge in [-0.25, -0.2) is 4.39 Å². The number of aromatic nitrogens is 2. The van der Waals surface area contributed by atoms with E-state index in [2.05, 4.69) is 46.8 Å². The van der Waals surface area contributed by atoms with Gasteiger partial charge in [-0.05, 0) is 60.0 Å². The van der Waals surface area contributed by atoms with Crippen LogP contribution in [0.15, 0.2) is 60.7 Å². The molecule has 0 aliphatic carbocycles. The van der Waals surface area contributed by atoms with Gasteiger partial charge in [0.1, 0.15) is 5.82 Å². The summed E-state index contributed by atoms with van der Waals surface area (Å²) in [4.78, 5) is 12.1. The molecule has 5 nitrogen and oxygen atoms in total. The van der Waals surface area contributed by atoms with Crippen LogP contribution in [0.5, 0.6) is 0 Å². The van der Waals surface area contributed by atoms with Gasteiger partial charge in [-0.15, -0.1) is 10.2 Å². The maximum Gasteiger partial charge on any atom is 0.276 e. The van der Waals surface area contributed by atoms with E-state index in [-0.39, 0.29) is 11.5 Å². The van der Waals surface area contributed by atoms with E-state index in [1.165, 1.54) is 29.8 Å². The summed E-state index contributed by atoms with van der Waals surface area (Å²) in [6.45, 7) is 4.28. The zero-order valence-corrected chi connectivity index (χ0v) is 14.5. The van der Waals surface area contributed by atoms with Gasteiger partial charge in [0, 0.05) is 11.4 Å². The molecule has 1 aromatic heterocycles. The number of hydrogen-bond acceptors (Lipinski definition) is 4. The molecule has 0 fully saturated rings. The van der Waals surface area contributed by atoms with Crippen LogP contribution in [0.2, 0.25) is 0 Å². The number of amides is 1.